The molecule has 7 rings (SSSR count). The van der Waals surface area contributed by atoms with Crippen molar-refractivity contribution in [2.75, 3.05) is 25.3 Å². The lowest BCUT2D eigenvalue weighted by molar-refractivity contribution is -0.120. The molecule has 0 bridgehead atoms. The number of anilines is 1. The van der Waals surface area contributed by atoms with Crippen LogP contribution in [-0.4, -0.2) is 69.8 Å². The molecule has 3 atom stereocenters. The predicted molar refractivity (Wildman–Crippen MR) is 209 cm³/mol. The maximum absolute atomic E-state index is 15.5. The summed E-state index contributed by atoms with van der Waals surface area (Å²) in [6.07, 6.45) is -2.81. The molecule has 59 heavy (non-hydrogen) atoms. The number of carbonyl (C=O) groups is 1. The zero-order chi connectivity index (χ0) is 43.1. The number of aryl methyl sites for hydroxylation is 1. The predicted octanol–water partition coefficient (Wildman–Crippen LogP) is 7.63. The molecular weight excluding hydrogens is 822 g/mol. The molecule has 0 radical (unpaired) electrons. The van der Waals surface area contributed by atoms with Crippen molar-refractivity contribution >= 4 is 43.8 Å². The number of pyridine rings is 1. The maximum Gasteiger partial charge on any atom is 0.293 e. The first kappa shape index (κ1) is 42.2. The average Bonchev–Trinajstić information content (AvgIpc) is 3.65. The molecule has 0 spiro atoms. The summed E-state index contributed by atoms with van der Waals surface area (Å²) < 4.78 is 116. The highest BCUT2D eigenvalue weighted by molar-refractivity contribution is 7.89. The van der Waals surface area contributed by atoms with E-state index in [0.29, 0.717) is 38.5 Å². The zero-order valence-electron chi connectivity index (χ0n) is 32.7. The van der Waals surface area contributed by atoms with Gasteiger partial charge in [-0.25, -0.2) is 31.0 Å². The number of hydrogen-bond acceptors (Lipinski definition) is 8. The van der Waals surface area contributed by atoms with Gasteiger partial charge in [0.2, 0.25) is 0 Å². The molecule has 0 aliphatic heterocycles. The van der Waals surface area contributed by atoms with E-state index in [9.17, 15) is 35.9 Å². The van der Waals surface area contributed by atoms with Crippen molar-refractivity contribution in [3.05, 3.63) is 92.7 Å². The van der Waals surface area contributed by atoms with Gasteiger partial charge in [-0.2, -0.15) is 19.0 Å². The van der Waals surface area contributed by atoms with Gasteiger partial charge >= 0.3 is 0 Å². The molecule has 1 saturated carbocycles. The second-order valence-electron chi connectivity index (χ2n) is 16.1. The van der Waals surface area contributed by atoms with Gasteiger partial charge in [0.15, 0.2) is 15.6 Å². The van der Waals surface area contributed by atoms with Crippen LogP contribution in [0.4, 0.5) is 32.0 Å². The Kier molecular flexibility index (Phi) is 10.7. The number of benzene rings is 2. The van der Waals surface area contributed by atoms with E-state index in [4.69, 9.17) is 16.6 Å². The molecule has 0 saturated heterocycles. The number of carbonyl (C=O) groups excluding carboxylic acids is 1. The summed E-state index contributed by atoms with van der Waals surface area (Å²) in [6, 6.07) is 7.71. The van der Waals surface area contributed by atoms with Crippen LogP contribution in [0.3, 0.4) is 0 Å². The Balaban J connectivity index is 1.44. The molecule has 3 aromatic heterocycles. The van der Waals surface area contributed by atoms with E-state index >= 15 is 8.78 Å². The fourth-order valence-corrected chi connectivity index (χ4v) is 9.04. The first-order chi connectivity index (χ1) is 27.4. The van der Waals surface area contributed by atoms with Crippen molar-refractivity contribution in [3.63, 3.8) is 0 Å². The molecule has 1 N–H and O–H groups in total. The van der Waals surface area contributed by atoms with Crippen LogP contribution in [0.25, 0.3) is 22.0 Å². The van der Waals surface area contributed by atoms with Crippen LogP contribution in [0.5, 0.6) is 0 Å². The van der Waals surface area contributed by atoms with E-state index in [1.54, 1.807) is 44.2 Å². The summed E-state index contributed by atoms with van der Waals surface area (Å²) in [5.74, 6) is -3.85. The molecule has 1 fully saturated rings. The Bertz CT molecular complexity index is 2700. The lowest BCUT2D eigenvalue weighted by Gasteiger charge is -2.24. The number of hydrogen-bond donors (Lipinski definition) is 1. The Morgan fingerprint density at radius 2 is 1.76 bits per heavy atom. The number of rotatable bonds is 12. The number of sulfone groups is 1. The van der Waals surface area contributed by atoms with Crippen molar-refractivity contribution in [2.24, 2.45) is 13.0 Å². The Labute approximate surface area is 341 Å². The number of Topliss-reactive ketones (excluding diaryl/α,β-unsaturated/α-hetero) is 1. The van der Waals surface area contributed by atoms with Crippen molar-refractivity contribution < 1.29 is 44.7 Å². The summed E-state index contributed by atoms with van der Waals surface area (Å²) in [5, 5.41) is 19.3. The van der Waals surface area contributed by atoms with Gasteiger partial charge in [0.25, 0.3) is 12.3 Å². The molecule has 2 aliphatic rings. The second-order valence-corrected chi connectivity index (χ2v) is 18.6. The van der Waals surface area contributed by atoms with Gasteiger partial charge in [0, 0.05) is 73.8 Å². The van der Waals surface area contributed by atoms with Gasteiger partial charge < -0.3 is 10.0 Å². The molecule has 3 heterocycles. The highest BCUT2D eigenvalue weighted by atomic mass is 35.5. The smallest absolute Gasteiger partial charge is 0.293 e. The number of ketones is 1. The van der Waals surface area contributed by atoms with Crippen LogP contribution in [0, 0.1) is 29.4 Å². The van der Waals surface area contributed by atoms with E-state index in [-0.39, 0.29) is 46.1 Å². The highest BCUT2D eigenvalue weighted by Gasteiger charge is 2.67. The van der Waals surface area contributed by atoms with Crippen molar-refractivity contribution in [1.29, 1.82) is 0 Å². The number of aliphatic hydroxyl groups is 1. The van der Waals surface area contributed by atoms with Gasteiger partial charge in [-0.3, -0.25) is 14.2 Å². The van der Waals surface area contributed by atoms with Crippen molar-refractivity contribution in [1.82, 2.24) is 24.5 Å². The zero-order valence-corrected chi connectivity index (χ0v) is 34.3. The summed E-state index contributed by atoms with van der Waals surface area (Å²) in [4.78, 5) is 20.8. The normalized spacial score (nSPS) is 17.5. The van der Waals surface area contributed by atoms with Gasteiger partial charge in [0.1, 0.15) is 40.9 Å². The number of fused-ring (bicyclic) bond motifs is 4. The minimum Gasteiger partial charge on any atom is -0.378 e. The minimum atomic E-state index is -3.59. The molecule has 18 heteroatoms. The molecule has 5 aromatic rings. The fraction of sp³-hybridized carbons (Fsp3) is 0.415. The Hall–Kier alpha value is -4.92. The largest absolute Gasteiger partial charge is 0.378 e. The summed E-state index contributed by atoms with van der Waals surface area (Å²) in [6.45, 7) is 2.12. The third-order valence-corrected chi connectivity index (χ3v) is 11.6. The van der Waals surface area contributed by atoms with Crippen LogP contribution in [0.15, 0.2) is 36.4 Å². The molecular formula is C41H39ClF6N6O4S. The monoisotopic (exact) mass is 860 g/mol. The van der Waals surface area contributed by atoms with E-state index in [1.807, 2.05) is 0 Å². The van der Waals surface area contributed by atoms with E-state index in [1.165, 1.54) is 18.5 Å². The van der Waals surface area contributed by atoms with Crippen molar-refractivity contribution in [2.45, 2.75) is 75.2 Å². The quantitative estimate of drug-likeness (QED) is 0.100. The van der Waals surface area contributed by atoms with E-state index in [2.05, 4.69) is 22.0 Å². The lowest BCUT2D eigenvalue weighted by atomic mass is 9.85. The van der Waals surface area contributed by atoms with Crippen LogP contribution < -0.4 is 4.90 Å². The van der Waals surface area contributed by atoms with Gasteiger partial charge in [-0.05, 0) is 68.4 Å². The number of alkyl halides is 4. The molecule has 1 unspecified atom stereocenters. The van der Waals surface area contributed by atoms with Gasteiger partial charge in [0.05, 0.1) is 33.4 Å². The van der Waals surface area contributed by atoms with Gasteiger partial charge in [-0.15, -0.1) is 0 Å². The average molecular weight is 861 g/mol. The van der Waals surface area contributed by atoms with Crippen LogP contribution in [-0.2, 0) is 46.3 Å². The number of nitrogens with zero attached hydrogens (tertiary/aromatic N) is 6. The third-order valence-electron chi connectivity index (χ3n) is 10.5. The third kappa shape index (κ3) is 8.31. The summed E-state index contributed by atoms with van der Waals surface area (Å²) in [7, 11) is 1.43. The SMILES string of the molecule is CN(C)c1cc(-c2ccc(Cl)c3c(CS(C)(=O)=O)nn(C)c23)c(C(CC(=O)Cn2nc(C(F)F)c3c2C(F)(F)[C@@H]2C[C@H]32)Cc2cc(F)cc(F)c2)nc1C#CC(C)(C)O. The van der Waals surface area contributed by atoms with E-state index < -0.39 is 93.1 Å². The maximum atomic E-state index is 15.5. The summed E-state index contributed by atoms with van der Waals surface area (Å²) >= 11 is 6.69. The molecule has 10 nitrogen and oxygen atoms in total. The van der Waals surface area contributed by atoms with Gasteiger partial charge in [-0.1, -0.05) is 23.6 Å². The summed E-state index contributed by atoms with van der Waals surface area (Å²) in [5.41, 5.74) is -1.07. The minimum absolute atomic E-state index is 0.0338. The first-order valence-electron chi connectivity index (χ1n) is 18.5. The van der Waals surface area contributed by atoms with Crippen LogP contribution >= 0.6 is 11.6 Å². The van der Waals surface area contributed by atoms with E-state index in [0.717, 1.165) is 18.4 Å². The molecule has 0 amide bonds. The number of aromatic nitrogens is 5. The molecule has 2 aromatic carbocycles. The van der Waals surface area contributed by atoms with Crippen molar-refractivity contribution in [3.8, 4) is 23.0 Å². The van der Waals surface area contributed by atoms with Crippen LogP contribution in [0.2, 0.25) is 5.02 Å². The lowest BCUT2D eigenvalue weighted by Crippen LogP contribution is -2.24. The Morgan fingerprint density at radius 3 is 2.37 bits per heavy atom. The molecule has 312 valence electrons. The molecule has 2 aliphatic carbocycles. The first-order valence-corrected chi connectivity index (χ1v) is 20.9. The highest BCUT2D eigenvalue weighted by Crippen LogP contribution is 2.68. The topological polar surface area (TPSA) is 123 Å². The fourth-order valence-electron chi connectivity index (χ4n) is 8.08. The standard InChI is InChI=1S/C41H39ClF6N6O4S/c1-40(2,56)10-9-30-32(52(3)4)17-26(25-7-8-29(42)34-31(19-59(6,57)58)50-53(5)37(25)34)35(49-30)21(11-20-12-22(43)15-23(44)13-20)14-24(55)18-54-38-33(36(51-54)39(45)46)27-16-28(27)41(38,47)48/h7-8,12-13,15,17,21,27-28,39,56H,11,14,16,18-19H2,1-6H3/t21?,27-,28+/m0/s1. The Morgan fingerprint density at radius 1 is 1.08 bits per heavy atom. The number of halogens is 7. The second kappa shape index (κ2) is 15.0. The van der Waals surface area contributed by atoms with Crippen LogP contribution in [0.1, 0.15) is 84.5 Å².